The number of allylic oxidation sites excluding steroid dienone is 2. The highest BCUT2D eigenvalue weighted by Gasteiger charge is 2.47. The number of hydrogen-bond acceptors (Lipinski definition) is 5. The largest absolute Gasteiger partial charge is 0.465 e. The molecular weight excluding hydrogens is 320 g/mol. The summed E-state index contributed by atoms with van der Waals surface area (Å²) in [6.45, 7) is 3.49. The van der Waals surface area contributed by atoms with Crippen LogP contribution in [0, 0.1) is 17.8 Å². The van der Waals surface area contributed by atoms with E-state index in [1.54, 1.807) is 44.2 Å². The Morgan fingerprint density at radius 2 is 1.64 bits per heavy atom. The van der Waals surface area contributed by atoms with Crippen LogP contribution in [0.5, 0.6) is 0 Å². The Bertz CT molecular complexity index is 649. The molecule has 0 aliphatic heterocycles. The summed E-state index contributed by atoms with van der Waals surface area (Å²) >= 11 is 0. The van der Waals surface area contributed by atoms with Crippen molar-refractivity contribution in [2.75, 3.05) is 13.2 Å². The van der Waals surface area contributed by atoms with Gasteiger partial charge in [-0.25, -0.2) is 0 Å². The molecule has 0 N–H and O–H groups in total. The van der Waals surface area contributed by atoms with Crippen molar-refractivity contribution in [2.45, 2.75) is 26.7 Å². The maximum atomic E-state index is 12.4. The lowest BCUT2D eigenvalue weighted by Gasteiger charge is -2.26. The number of terminal acetylenes is 1. The van der Waals surface area contributed by atoms with Gasteiger partial charge in [-0.1, -0.05) is 36.4 Å². The zero-order valence-corrected chi connectivity index (χ0v) is 14.5. The van der Waals surface area contributed by atoms with E-state index in [1.807, 2.05) is 0 Å². The Balaban J connectivity index is 3.04. The number of ketones is 1. The van der Waals surface area contributed by atoms with E-state index in [0.29, 0.717) is 5.56 Å². The third kappa shape index (κ3) is 5.32. The van der Waals surface area contributed by atoms with E-state index >= 15 is 0 Å². The fourth-order valence-electron chi connectivity index (χ4n) is 2.25. The van der Waals surface area contributed by atoms with Crippen molar-refractivity contribution in [3.05, 3.63) is 48.0 Å². The molecule has 1 aromatic rings. The first-order chi connectivity index (χ1) is 12.0. The van der Waals surface area contributed by atoms with Crippen LogP contribution in [0.15, 0.2) is 42.5 Å². The molecule has 0 spiro atoms. The molecule has 0 amide bonds. The molecule has 1 rings (SSSR count). The summed E-state index contributed by atoms with van der Waals surface area (Å²) in [5.74, 6) is 0.609. The highest BCUT2D eigenvalue weighted by Crippen LogP contribution is 2.31. The Morgan fingerprint density at radius 1 is 1.08 bits per heavy atom. The normalized spacial score (nSPS) is 10.9. The Hall–Kier alpha value is -2.87. The second kappa shape index (κ2) is 10.1. The molecular formula is C20H22O5. The van der Waals surface area contributed by atoms with Gasteiger partial charge in [0.05, 0.1) is 13.2 Å². The molecule has 0 aliphatic carbocycles. The van der Waals surface area contributed by atoms with E-state index in [-0.39, 0.29) is 31.8 Å². The summed E-state index contributed by atoms with van der Waals surface area (Å²) in [6, 6.07) is 8.66. The van der Waals surface area contributed by atoms with Gasteiger partial charge in [-0.2, -0.15) is 0 Å². The molecule has 5 nitrogen and oxygen atoms in total. The number of carbonyl (C=O) groups excluding carboxylic acids is 3. The maximum absolute atomic E-state index is 12.4. The zero-order chi connectivity index (χ0) is 18.7. The molecule has 0 heterocycles. The average Bonchev–Trinajstić information content (AvgIpc) is 2.61. The van der Waals surface area contributed by atoms with E-state index in [0.717, 1.165) is 0 Å². The molecule has 5 heteroatoms. The van der Waals surface area contributed by atoms with Gasteiger partial charge in [0, 0.05) is 12.0 Å². The second-order valence-electron chi connectivity index (χ2n) is 5.24. The Morgan fingerprint density at radius 3 is 2.12 bits per heavy atom. The standard InChI is InChI=1S/C20H22O5/c1-4-14-20(18(22)24-5-2,19(23)25-6-3)15-10-13-17(21)16-11-8-7-9-12-16/h1,7-13H,5-6,14-15H2,2-3H3/b13-10+. The van der Waals surface area contributed by atoms with Crippen LogP contribution in [-0.2, 0) is 19.1 Å². The van der Waals surface area contributed by atoms with Gasteiger partial charge in [0.15, 0.2) is 11.2 Å². The van der Waals surface area contributed by atoms with Crippen LogP contribution in [0.3, 0.4) is 0 Å². The van der Waals surface area contributed by atoms with Crippen LogP contribution in [0.25, 0.3) is 0 Å². The molecule has 1 aromatic carbocycles. The van der Waals surface area contributed by atoms with Crippen LogP contribution in [0.1, 0.15) is 37.0 Å². The summed E-state index contributed by atoms with van der Waals surface area (Å²) in [7, 11) is 0. The van der Waals surface area contributed by atoms with E-state index in [2.05, 4.69) is 5.92 Å². The summed E-state index contributed by atoms with van der Waals surface area (Å²) < 4.78 is 10.0. The van der Waals surface area contributed by atoms with Gasteiger partial charge >= 0.3 is 11.9 Å². The lowest BCUT2D eigenvalue weighted by Crippen LogP contribution is -2.41. The summed E-state index contributed by atoms with van der Waals surface area (Å²) in [6.07, 6.45) is 7.88. The third-order valence-corrected chi connectivity index (χ3v) is 3.53. The molecule has 0 fully saturated rings. The number of ether oxygens (including phenoxy) is 2. The monoisotopic (exact) mass is 342 g/mol. The molecule has 25 heavy (non-hydrogen) atoms. The molecule has 0 aromatic heterocycles. The molecule has 0 saturated heterocycles. The van der Waals surface area contributed by atoms with E-state index in [1.165, 1.54) is 12.2 Å². The van der Waals surface area contributed by atoms with Crippen LogP contribution < -0.4 is 0 Å². The number of carbonyl (C=O) groups is 3. The molecule has 132 valence electrons. The number of benzene rings is 1. The van der Waals surface area contributed by atoms with Gasteiger partial charge < -0.3 is 9.47 Å². The molecule has 0 saturated carbocycles. The van der Waals surface area contributed by atoms with E-state index < -0.39 is 17.4 Å². The predicted octanol–water partition coefficient (Wildman–Crippen LogP) is 2.95. The fraction of sp³-hybridized carbons (Fsp3) is 0.350. The zero-order valence-electron chi connectivity index (χ0n) is 14.5. The second-order valence-corrected chi connectivity index (χ2v) is 5.24. The van der Waals surface area contributed by atoms with Crippen molar-refractivity contribution in [3.8, 4) is 12.3 Å². The van der Waals surface area contributed by atoms with Gasteiger partial charge in [0.1, 0.15) is 0 Å². The molecule has 0 unspecified atom stereocenters. The lowest BCUT2D eigenvalue weighted by atomic mass is 9.81. The Labute approximate surface area is 148 Å². The Kier molecular flexibility index (Phi) is 8.14. The quantitative estimate of drug-likeness (QED) is 0.227. The van der Waals surface area contributed by atoms with Crippen molar-refractivity contribution < 1.29 is 23.9 Å². The van der Waals surface area contributed by atoms with Gasteiger partial charge in [-0.05, 0) is 26.3 Å². The molecule has 0 bridgehead atoms. The van der Waals surface area contributed by atoms with Gasteiger partial charge in [-0.3, -0.25) is 14.4 Å². The first kappa shape index (κ1) is 20.2. The molecule has 0 aliphatic rings. The van der Waals surface area contributed by atoms with Crippen LogP contribution >= 0.6 is 0 Å². The van der Waals surface area contributed by atoms with Crippen molar-refractivity contribution in [1.82, 2.24) is 0 Å². The van der Waals surface area contributed by atoms with E-state index in [4.69, 9.17) is 15.9 Å². The third-order valence-electron chi connectivity index (χ3n) is 3.53. The lowest BCUT2D eigenvalue weighted by molar-refractivity contribution is -0.171. The van der Waals surface area contributed by atoms with E-state index in [9.17, 15) is 14.4 Å². The van der Waals surface area contributed by atoms with Gasteiger partial charge in [0.25, 0.3) is 0 Å². The maximum Gasteiger partial charge on any atom is 0.324 e. The summed E-state index contributed by atoms with van der Waals surface area (Å²) in [5, 5.41) is 0. The smallest absolute Gasteiger partial charge is 0.324 e. The van der Waals surface area contributed by atoms with Crippen molar-refractivity contribution in [1.29, 1.82) is 0 Å². The predicted molar refractivity (Wildman–Crippen MR) is 93.7 cm³/mol. The van der Waals surface area contributed by atoms with Crippen LogP contribution in [0.4, 0.5) is 0 Å². The van der Waals surface area contributed by atoms with Crippen molar-refractivity contribution >= 4 is 17.7 Å². The highest BCUT2D eigenvalue weighted by atomic mass is 16.6. The van der Waals surface area contributed by atoms with Crippen LogP contribution in [0.2, 0.25) is 0 Å². The number of esters is 2. The summed E-state index contributed by atoms with van der Waals surface area (Å²) in [5.41, 5.74) is -1.14. The topological polar surface area (TPSA) is 69.7 Å². The summed E-state index contributed by atoms with van der Waals surface area (Å²) in [4.78, 5) is 36.9. The van der Waals surface area contributed by atoms with Gasteiger partial charge in [-0.15, -0.1) is 12.3 Å². The minimum Gasteiger partial charge on any atom is -0.465 e. The average molecular weight is 342 g/mol. The molecule has 0 atom stereocenters. The van der Waals surface area contributed by atoms with Crippen LogP contribution in [-0.4, -0.2) is 30.9 Å². The van der Waals surface area contributed by atoms with Gasteiger partial charge in [0.2, 0.25) is 0 Å². The first-order valence-corrected chi connectivity index (χ1v) is 8.05. The number of rotatable bonds is 9. The first-order valence-electron chi connectivity index (χ1n) is 8.05. The minimum absolute atomic E-state index is 0.0760. The van der Waals surface area contributed by atoms with Crippen molar-refractivity contribution in [3.63, 3.8) is 0 Å². The SMILES string of the molecule is C#CCC(C/C=C/C(=O)c1ccccc1)(C(=O)OCC)C(=O)OCC. The highest BCUT2D eigenvalue weighted by molar-refractivity contribution is 6.05. The van der Waals surface area contributed by atoms with Crippen molar-refractivity contribution in [2.24, 2.45) is 5.41 Å². The fourth-order valence-corrected chi connectivity index (χ4v) is 2.25. The number of hydrogen-bond donors (Lipinski definition) is 0. The molecule has 0 radical (unpaired) electrons. The minimum atomic E-state index is -1.64.